The van der Waals surface area contributed by atoms with Gasteiger partial charge in [-0.1, -0.05) is 48.0 Å². The van der Waals surface area contributed by atoms with E-state index in [0.29, 0.717) is 31.0 Å². The molecule has 33 heavy (non-hydrogen) atoms. The van der Waals surface area contributed by atoms with Crippen LogP contribution in [-0.2, 0) is 21.4 Å². The van der Waals surface area contributed by atoms with Gasteiger partial charge in [-0.15, -0.1) is 0 Å². The van der Waals surface area contributed by atoms with Crippen LogP contribution in [0.3, 0.4) is 0 Å². The molecule has 2 heterocycles. The van der Waals surface area contributed by atoms with Gasteiger partial charge >= 0.3 is 0 Å². The van der Waals surface area contributed by atoms with Gasteiger partial charge in [-0.2, -0.15) is 5.10 Å². The molecule has 1 aromatic heterocycles. The first kappa shape index (κ1) is 23.5. The van der Waals surface area contributed by atoms with Crippen LogP contribution in [-0.4, -0.2) is 48.3 Å². The first-order valence-electron chi connectivity index (χ1n) is 11.0. The molecule has 9 heteroatoms. The molecule has 1 N–H and O–H groups in total. The number of nitrogens with zero attached hydrogens (tertiary/aromatic N) is 3. The molecule has 174 valence electrons. The van der Waals surface area contributed by atoms with E-state index in [-0.39, 0.29) is 18.2 Å². The Hall–Kier alpha value is -2.68. The summed E-state index contributed by atoms with van der Waals surface area (Å²) in [6.07, 6.45) is 4.93. The van der Waals surface area contributed by atoms with Gasteiger partial charge in [0.1, 0.15) is 0 Å². The van der Waals surface area contributed by atoms with Crippen molar-refractivity contribution in [3.05, 3.63) is 70.9 Å². The lowest BCUT2D eigenvalue weighted by Gasteiger charge is -2.30. The first-order chi connectivity index (χ1) is 15.9. The predicted octanol–water partition coefficient (Wildman–Crippen LogP) is 3.85. The van der Waals surface area contributed by atoms with Crippen LogP contribution < -0.4 is 5.43 Å². The fourth-order valence-corrected chi connectivity index (χ4v) is 5.54. The number of halogens is 1. The van der Waals surface area contributed by atoms with Crippen LogP contribution in [0.5, 0.6) is 0 Å². The maximum atomic E-state index is 12.6. The van der Waals surface area contributed by atoms with Crippen molar-refractivity contribution in [3.8, 4) is 0 Å². The van der Waals surface area contributed by atoms with Gasteiger partial charge < -0.3 is 4.57 Å². The molecule has 1 atom stereocenters. The number of carbonyl (C=O) groups excluding carboxylic acids is 1. The molecule has 0 saturated carbocycles. The van der Waals surface area contributed by atoms with Crippen LogP contribution in [0.2, 0.25) is 5.02 Å². The Morgan fingerprint density at radius 3 is 2.76 bits per heavy atom. The standard InChI is InChI=1S/C24H27ClN4O3S/c1-2-33(31,32)29-13-7-9-19(17-29)24(30)27-26-14-20-16-28(23-12-6-4-10-21(20)23)15-18-8-3-5-11-22(18)25/h3-6,8,10-12,14,16,19H,2,7,9,13,15,17H2,1H3,(H,27,30). The Balaban J connectivity index is 1.48. The maximum Gasteiger partial charge on any atom is 0.244 e. The Labute approximate surface area is 199 Å². The van der Waals surface area contributed by atoms with E-state index in [9.17, 15) is 13.2 Å². The third-order valence-electron chi connectivity index (χ3n) is 6.01. The molecule has 0 bridgehead atoms. The third-order valence-corrected chi connectivity index (χ3v) is 8.23. The fraction of sp³-hybridized carbons (Fsp3) is 0.333. The van der Waals surface area contributed by atoms with E-state index in [0.717, 1.165) is 22.0 Å². The number of fused-ring (bicyclic) bond motifs is 1. The number of para-hydroxylation sites is 1. The molecule has 2 aromatic carbocycles. The quantitative estimate of drug-likeness (QED) is 0.406. The van der Waals surface area contributed by atoms with Crippen LogP contribution in [0.15, 0.2) is 59.8 Å². The number of piperidine rings is 1. The van der Waals surface area contributed by atoms with Gasteiger partial charge in [0, 0.05) is 47.3 Å². The van der Waals surface area contributed by atoms with Gasteiger partial charge in [-0.05, 0) is 37.5 Å². The minimum Gasteiger partial charge on any atom is -0.342 e. The molecule has 1 unspecified atom stereocenters. The topological polar surface area (TPSA) is 83.8 Å². The molecular weight excluding hydrogens is 460 g/mol. The minimum absolute atomic E-state index is 0.0394. The van der Waals surface area contributed by atoms with Crippen molar-refractivity contribution in [1.82, 2.24) is 14.3 Å². The summed E-state index contributed by atoms with van der Waals surface area (Å²) in [6.45, 7) is 2.90. The molecule has 1 saturated heterocycles. The zero-order valence-electron chi connectivity index (χ0n) is 18.4. The highest BCUT2D eigenvalue weighted by Gasteiger charge is 2.31. The molecule has 3 aromatic rings. The van der Waals surface area contributed by atoms with E-state index < -0.39 is 15.9 Å². The van der Waals surface area contributed by atoms with Crippen molar-refractivity contribution in [1.29, 1.82) is 0 Å². The highest BCUT2D eigenvalue weighted by molar-refractivity contribution is 7.89. The van der Waals surface area contributed by atoms with E-state index in [4.69, 9.17) is 11.6 Å². The molecule has 1 amide bonds. The van der Waals surface area contributed by atoms with Gasteiger partial charge in [-0.3, -0.25) is 4.79 Å². The molecular formula is C24H27ClN4O3S. The molecule has 1 aliphatic rings. The highest BCUT2D eigenvalue weighted by atomic mass is 35.5. The van der Waals surface area contributed by atoms with Crippen molar-refractivity contribution in [2.75, 3.05) is 18.8 Å². The Bertz CT molecular complexity index is 1290. The van der Waals surface area contributed by atoms with Gasteiger partial charge in [0.2, 0.25) is 15.9 Å². The summed E-state index contributed by atoms with van der Waals surface area (Å²) in [5.74, 6) is -0.626. The number of aromatic nitrogens is 1. The zero-order valence-corrected chi connectivity index (χ0v) is 20.0. The number of benzene rings is 2. The number of hydrazone groups is 1. The van der Waals surface area contributed by atoms with Crippen LogP contribution in [0.4, 0.5) is 0 Å². The van der Waals surface area contributed by atoms with E-state index in [1.165, 1.54) is 4.31 Å². The maximum absolute atomic E-state index is 12.6. The highest BCUT2D eigenvalue weighted by Crippen LogP contribution is 2.24. The van der Waals surface area contributed by atoms with Crippen molar-refractivity contribution in [2.24, 2.45) is 11.0 Å². The van der Waals surface area contributed by atoms with E-state index in [1.807, 2.05) is 54.7 Å². The van der Waals surface area contributed by atoms with Crippen LogP contribution in [0.25, 0.3) is 10.9 Å². The van der Waals surface area contributed by atoms with Gasteiger partial charge in [0.25, 0.3) is 0 Å². The van der Waals surface area contributed by atoms with Crippen LogP contribution >= 0.6 is 11.6 Å². The second kappa shape index (κ2) is 10.1. The number of nitrogens with one attached hydrogen (secondary N) is 1. The number of amides is 1. The molecule has 1 aliphatic heterocycles. The summed E-state index contributed by atoms with van der Waals surface area (Å²) < 4.78 is 27.8. The summed E-state index contributed by atoms with van der Waals surface area (Å²) >= 11 is 6.34. The van der Waals surface area contributed by atoms with Crippen LogP contribution in [0, 0.1) is 5.92 Å². The first-order valence-corrected chi connectivity index (χ1v) is 13.0. The number of carbonyl (C=O) groups is 1. The summed E-state index contributed by atoms with van der Waals surface area (Å²) in [5, 5.41) is 5.91. The average molecular weight is 487 g/mol. The van der Waals surface area contributed by atoms with E-state index in [1.54, 1.807) is 13.1 Å². The summed E-state index contributed by atoms with van der Waals surface area (Å²) in [6, 6.07) is 15.7. The lowest BCUT2D eigenvalue weighted by atomic mass is 9.99. The summed E-state index contributed by atoms with van der Waals surface area (Å²) in [7, 11) is -3.30. The fourth-order valence-electron chi connectivity index (χ4n) is 4.17. The minimum atomic E-state index is -3.30. The third kappa shape index (κ3) is 5.29. The molecule has 0 spiro atoms. The molecule has 0 aliphatic carbocycles. The zero-order chi connectivity index (χ0) is 23.4. The normalized spacial score (nSPS) is 17.6. The van der Waals surface area contributed by atoms with Gasteiger partial charge in [0.15, 0.2) is 0 Å². The Morgan fingerprint density at radius 2 is 1.97 bits per heavy atom. The summed E-state index contributed by atoms with van der Waals surface area (Å²) in [5.41, 5.74) is 5.53. The van der Waals surface area contributed by atoms with Gasteiger partial charge in [-0.25, -0.2) is 18.1 Å². The number of sulfonamides is 1. The summed E-state index contributed by atoms with van der Waals surface area (Å²) in [4.78, 5) is 12.6. The van der Waals surface area contributed by atoms with Crippen molar-refractivity contribution in [3.63, 3.8) is 0 Å². The molecule has 0 radical (unpaired) electrons. The monoisotopic (exact) mass is 486 g/mol. The second-order valence-electron chi connectivity index (χ2n) is 8.15. The molecule has 4 rings (SSSR count). The number of hydrogen-bond acceptors (Lipinski definition) is 4. The second-order valence-corrected chi connectivity index (χ2v) is 10.8. The number of rotatable bonds is 7. The van der Waals surface area contributed by atoms with Crippen molar-refractivity contribution >= 4 is 44.6 Å². The largest absolute Gasteiger partial charge is 0.342 e. The van der Waals surface area contributed by atoms with Crippen molar-refractivity contribution in [2.45, 2.75) is 26.3 Å². The molecule has 7 nitrogen and oxygen atoms in total. The lowest BCUT2D eigenvalue weighted by Crippen LogP contribution is -2.45. The van der Waals surface area contributed by atoms with Gasteiger partial charge in [0.05, 0.1) is 17.9 Å². The van der Waals surface area contributed by atoms with E-state index >= 15 is 0 Å². The van der Waals surface area contributed by atoms with E-state index in [2.05, 4.69) is 15.1 Å². The molecule has 1 fully saturated rings. The van der Waals surface area contributed by atoms with Crippen LogP contribution in [0.1, 0.15) is 30.9 Å². The average Bonchev–Trinajstić information content (AvgIpc) is 3.18. The Kier molecular flexibility index (Phi) is 7.17. The van der Waals surface area contributed by atoms with Crippen molar-refractivity contribution < 1.29 is 13.2 Å². The lowest BCUT2D eigenvalue weighted by molar-refractivity contribution is -0.126. The predicted molar refractivity (Wildman–Crippen MR) is 132 cm³/mol. The SMILES string of the molecule is CCS(=O)(=O)N1CCCC(C(=O)NN=Cc2cn(Cc3ccccc3Cl)c3ccccc23)C1. The smallest absolute Gasteiger partial charge is 0.244 e. The number of hydrogen-bond donors (Lipinski definition) is 1. The Morgan fingerprint density at radius 1 is 1.21 bits per heavy atom.